The van der Waals surface area contributed by atoms with Crippen LogP contribution in [0.1, 0.15) is 18.9 Å². The number of hydrogen-bond acceptors (Lipinski definition) is 4. The van der Waals surface area contributed by atoms with Crippen LogP contribution in [0.4, 0.5) is 11.6 Å². The summed E-state index contributed by atoms with van der Waals surface area (Å²) in [5.74, 6) is 1.79. The zero-order valence-corrected chi connectivity index (χ0v) is 13.4. The lowest BCUT2D eigenvalue weighted by Gasteiger charge is -2.18. The molecule has 0 aliphatic carbocycles. The Balaban J connectivity index is 2.04. The molecule has 1 heterocycles. The van der Waals surface area contributed by atoms with E-state index in [2.05, 4.69) is 67.3 Å². The van der Waals surface area contributed by atoms with Crippen molar-refractivity contribution in [1.29, 1.82) is 0 Å². The van der Waals surface area contributed by atoms with Gasteiger partial charge in [-0.1, -0.05) is 35.0 Å². The van der Waals surface area contributed by atoms with Gasteiger partial charge in [-0.3, -0.25) is 0 Å². The van der Waals surface area contributed by atoms with Crippen LogP contribution in [-0.2, 0) is 6.54 Å². The van der Waals surface area contributed by atoms with Gasteiger partial charge >= 0.3 is 0 Å². The molecule has 1 aromatic carbocycles. The standard InChI is InChI=1S/C15H19BrN4/c1-3-8-17-14-9-15(19-11-18-14)20(2)10-12-4-6-13(16)7-5-12/h4-7,9,11H,3,8,10H2,1-2H3,(H,17,18,19). The van der Waals surface area contributed by atoms with Gasteiger partial charge < -0.3 is 10.2 Å². The SMILES string of the molecule is CCCNc1cc(N(C)Cc2ccc(Br)cc2)ncn1. The molecule has 4 nitrogen and oxygen atoms in total. The van der Waals surface area contributed by atoms with Crippen LogP contribution >= 0.6 is 15.9 Å². The summed E-state index contributed by atoms with van der Waals surface area (Å²) in [4.78, 5) is 10.7. The van der Waals surface area contributed by atoms with Crippen molar-refractivity contribution in [2.45, 2.75) is 19.9 Å². The maximum Gasteiger partial charge on any atom is 0.134 e. The summed E-state index contributed by atoms with van der Waals surface area (Å²) in [6, 6.07) is 10.3. The Labute approximate surface area is 128 Å². The first-order valence-corrected chi connectivity index (χ1v) is 7.50. The Kier molecular flexibility index (Phi) is 5.35. The number of benzene rings is 1. The van der Waals surface area contributed by atoms with Gasteiger partial charge in [-0.2, -0.15) is 0 Å². The maximum atomic E-state index is 4.33. The highest BCUT2D eigenvalue weighted by Crippen LogP contribution is 2.17. The van der Waals surface area contributed by atoms with E-state index in [4.69, 9.17) is 0 Å². The molecule has 0 radical (unpaired) electrons. The van der Waals surface area contributed by atoms with E-state index < -0.39 is 0 Å². The average molecular weight is 335 g/mol. The molecule has 20 heavy (non-hydrogen) atoms. The quantitative estimate of drug-likeness (QED) is 0.874. The molecule has 0 aliphatic heterocycles. The number of aromatic nitrogens is 2. The van der Waals surface area contributed by atoms with Crippen molar-refractivity contribution in [3.05, 3.63) is 46.7 Å². The number of halogens is 1. The molecule has 2 aromatic rings. The third-order valence-electron chi connectivity index (χ3n) is 2.93. The maximum absolute atomic E-state index is 4.33. The van der Waals surface area contributed by atoms with Crippen LogP contribution in [0.25, 0.3) is 0 Å². The first kappa shape index (κ1) is 14.8. The van der Waals surface area contributed by atoms with Gasteiger partial charge in [-0.25, -0.2) is 9.97 Å². The van der Waals surface area contributed by atoms with Crippen molar-refractivity contribution in [2.75, 3.05) is 23.8 Å². The fourth-order valence-corrected chi connectivity index (χ4v) is 2.11. The summed E-state index contributed by atoms with van der Waals surface area (Å²) in [7, 11) is 2.04. The average Bonchev–Trinajstić information content (AvgIpc) is 2.48. The van der Waals surface area contributed by atoms with Crippen LogP contribution in [0.15, 0.2) is 41.1 Å². The first-order valence-electron chi connectivity index (χ1n) is 6.70. The lowest BCUT2D eigenvalue weighted by Crippen LogP contribution is -2.18. The lowest BCUT2D eigenvalue weighted by atomic mass is 10.2. The number of nitrogens with zero attached hydrogens (tertiary/aromatic N) is 3. The predicted octanol–water partition coefficient (Wildman–Crippen LogP) is 3.70. The summed E-state index contributed by atoms with van der Waals surface area (Å²) >= 11 is 3.45. The van der Waals surface area contributed by atoms with Gasteiger partial charge in [0.25, 0.3) is 0 Å². The van der Waals surface area contributed by atoms with Crippen molar-refractivity contribution in [3.63, 3.8) is 0 Å². The highest BCUT2D eigenvalue weighted by molar-refractivity contribution is 9.10. The smallest absolute Gasteiger partial charge is 0.134 e. The Morgan fingerprint density at radius 1 is 1.20 bits per heavy atom. The second-order valence-electron chi connectivity index (χ2n) is 4.67. The number of nitrogens with one attached hydrogen (secondary N) is 1. The largest absolute Gasteiger partial charge is 0.370 e. The van der Waals surface area contributed by atoms with Gasteiger partial charge in [0.05, 0.1) is 0 Å². The van der Waals surface area contributed by atoms with Gasteiger partial charge in [-0.15, -0.1) is 0 Å². The van der Waals surface area contributed by atoms with E-state index >= 15 is 0 Å². The van der Waals surface area contributed by atoms with E-state index in [1.165, 1.54) is 5.56 Å². The van der Waals surface area contributed by atoms with Crippen molar-refractivity contribution >= 4 is 27.6 Å². The van der Waals surface area contributed by atoms with E-state index in [1.807, 2.05) is 13.1 Å². The number of hydrogen-bond donors (Lipinski definition) is 1. The van der Waals surface area contributed by atoms with Crippen LogP contribution in [0, 0.1) is 0 Å². The monoisotopic (exact) mass is 334 g/mol. The zero-order chi connectivity index (χ0) is 14.4. The van der Waals surface area contributed by atoms with E-state index in [1.54, 1.807) is 6.33 Å². The molecule has 1 aromatic heterocycles. The van der Waals surface area contributed by atoms with Gasteiger partial charge in [0, 0.05) is 30.7 Å². The van der Waals surface area contributed by atoms with Crippen LogP contribution in [0.5, 0.6) is 0 Å². The van der Waals surface area contributed by atoms with E-state index in [-0.39, 0.29) is 0 Å². The number of anilines is 2. The van der Waals surface area contributed by atoms with Gasteiger partial charge in [0.1, 0.15) is 18.0 Å². The summed E-state index contributed by atoms with van der Waals surface area (Å²) in [6.45, 7) is 3.87. The Morgan fingerprint density at radius 2 is 1.95 bits per heavy atom. The zero-order valence-electron chi connectivity index (χ0n) is 11.8. The number of rotatable bonds is 6. The van der Waals surface area contributed by atoms with Crippen molar-refractivity contribution in [3.8, 4) is 0 Å². The Hall–Kier alpha value is -1.62. The molecular formula is C15H19BrN4. The molecule has 5 heteroatoms. The predicted molar refractivity (Wildman–Crippen MR) is 87.1 cm³/mol. The molecule has 0 atom stereocenters. The third-order valence-corrected chi connectivity index (χ3v) is 3.46. The van der Waals surface area contributed by atoms with Crippen LogP contribution < -0.4 is 10.2 Å². The van der Waals surface area contributed by atoms with E-state index in [0.717, 1.165) is 35.6 Å². The molecule has 0 saturated heterocycles. The summed E-state index contributed by atoms with van der Waals surface area (Å²) in [6.07, 6.45) is 2.68. The summed E-state index contributed by atoms with van der Waals surface area (Å²) in [5.41, 5.74) is 1.25. The minimum atomic E-state index is 0.817. The lowest BCUT2D eigenvalue weighted by molar-refractivity contribution is 0.888. The molecule has 0 saturated carbocycles. The second kappa shape index (κ2) is 7.24. The molecule has 0 unspecified atom stereocenters. The van der Waals surface area contributed by atoms with Crippen molar-refractivity contribution in [2.24, 2.45) is 0 Å². The highest BCUT2D eigenvalue weighted by atomic mass is 79.9. The molecular weight excluding hydrogens is 316 g/mol. The van der Waals surface area contributed by atoms with E-state index in [9.17, 15) is 0 Å². The van der Waals surface area contributed by atoms with Crippen LogP contribution in [-0.4, -0.2) is 23.6 Å². The topological polar surface area (TPSA) is 41.0 Å². The molecule has 0 amide bonds. The minimum Gasteiger partial charge on any atom is -0.370 e. The fourth-order valence-electron chi connectivity index (χ4n) is 1.85. The van der Waals surface area contributed by atoms with Crippen LogP contribution in [0.3, 0.4) is 0 Å². The van der Waals surface area contributed by atoms with Crippen molar-refractivity contribution in [1.82, 2.24) is 9.97 Å². The molecule has 2 rings (SSSR count). The summed E-state index contributed by atoms with van der Waals surface area (Å²) < 4.78 is 1.09. The van der Waals surface area contributed by atoms with E-state index in [0.29, 0.717) is 0 Å². The van der Waals surface area contributed by atoms with Gasteiger partial charge in [0.15, 0.2) is 0 Å². The van der Waals surface area contributed by atoms with Gasteiger partial charge in [0.2, 0.25) is 0 Å². The third kappa shape index (κ3) is 4.20. The Morgan fingerprint density at radius 3 is 2.65 bits per heavy atom. The Bertz CT molecular complexity index is 542. The normalized spacial score (nSPS) is 10.3. The minimum absolute atomic E-state index is 0.817. The molecule has 1 N–H and O–H groups in total. The molecule has 106 valence electrons. The molecule has 0 aliphatic rings. The van der Waals surface area contributed by atoms with Crippen LogP contribution in [0.2, 0.25) is 0 Å². The fraction of sp³-hybridized carbons (Fsp3) is 0.333. The van der Waals surface area contributed by atoms with Gasteiger partial charge in [-0.05, 0) is 24.1 Å². The summed E-state index contributed by atoms with van der Waals surface area (Å²) in [5, 5.41) is 3.28. The second-order valence-corrected chi connectivity index (χ2v) is 5.59. The molecule has 0 fully saturated rings. The first-order chi connectivity index (χ1) is 9.69. The molecule has 0 bridgehead atoms. The molecule has 0 spiro atoms. The highest BCUT2D eigenvalue weighted by Gasteiger charge is 2.05. The van der Waals surface area contributed by atoms with Crippen molar-refractivity contribution < 1.29 is 0 Å².